The molecule has 1 fully saturated rings. The van der Waals surface area contributed by atoms with Gasteiger partial charge >= 0.3 is 0 Å². The molecular formula is C33H37ClN4O5S. The van der Waals surface area contributed by atoms with Crippen molar-refractivity contribution in [2.45, 2.75) is 62.1 Å². The Bertz CT molecular complexity index is 1550. The van der Waals surface area contributed by atoms with Crippen LogP contribution < -0.4 is 21.1 Å². The van der Waals surface area contributed by atoms with Gasteiger partial charge in [-0.05, 0) is 74.1 Å². The maximum atomic E-state index is 14.0. The summed E-state index contributed by atoms with van der Waals surface area (Å²) in [7, 11) is 1.56. The van der Waals surface area contributed by atoms with Gasteiger partial charge in [0.1, 0.15) is 11.8 Å². The highest BCUT2D eigenvalue weighted by molar-refractivity contribution is 8.00. The van der Waals surface area contributed by atoms with E-state index in [1.807, 2.05) is 32.0 Å². The highest BCUT2D eigenvalue weighted by Gasteiger charge is 2.50. The first-order valence-electron chi connectivity index (χ1n) is 14.5. The fourth-order valence-electron chi connectivity index (χ4n) is 5.94. The average Bonchev–Trinajstić information content (AvgIpc) is 3.57. The smallest absolute Gasteiger partial charge is 0.254 e. The van der Waals surface area contributed by atoms with E-state index in [0.29, 0.717) is 5.75 Å². The summed E-state index contributed by atoms with van der Waals surface area (Å²) in [5, 5.41) is 17.6. The Hall–Kier alpha value is -3.73. The second-order valence-electron chi connectivity index (χ2n) is 11.7. The van der Waals surface area contributed by atoms with Crippen LogP contribution in [-0.4, -0.2) is 63.6 Å². The minimum Gasteiger partial charge on any atom is -0.497 e. The lowest BCUT2D eigenvalue weighted by Gasteiger charge is -2.34. The quantitative estimate of drug-likeness (QED) is 0.260. The molecule has 0 aromatic heterocycles. The van der Waals surface area contributed by atoms with E-state index in [1.165, 1.54) is 28.3 Å². The molecule has 9 nitrogen and oxygen atoms in total. The summed E-state index contributed by atoms with van der Waals surface area (Å²) in [4.78, 5) is 42.6. The van der Waals surface area contributed by atoms with Crippen molar-refractivity contribution < 1.29 is 24.2 Å². The molecule has 1 aliphatic carbocycles. The largest absolute Gasteiger partial charge is 0.497 e. The summed E-state index contributed by atoms with van der Waals surface area (Å²) in [6.45, 7) is 3.84. The number of amides is 3. The van der Waals surface area contributed by atoms with Crippen LogP contribution in [0.4, 0.5) is 5.69 Å². The van der Waals surface area contributed by atoms with Gasteiger partial charge in [-0.1, -0.05) is 54.1 Å². The summed E-state index contributed by atoms with van der Waals surface area (Å²) in [6, 6.07) is 17.8. The van der Waals surface area contributed by atoms with E-state index in [2.05, 4.69) is 16.7 Å². The molecule has 232 valence electrons. The van der Waals surface area contributed by atoms with Crippen LogP contribution in [0.5, 0.6) is 5.75 Å². The molecule has 44 heavy (non-hydrogen) atoms. The van der Waals surface area contributed by atoms with Crippen molar-refractivity contribution in [3.8, 4) is 5.75 Å². The van der Waals surface area contributed by atoms with Crippen molar-refractivity contribution in [2.75, 3.05) is 18.7 Å². The number of hydrogen-bond donors (Lipinski definition) is 4. The molecule has 11 heteroatoms. The van der Waals surface area contributed by atoms with Gasteiger partial charge in [0, 0.05) is 4.75 Å². The number of carbonyl (C=O) groups excluding carboxylic acids is 3. The molecule has 0 saturated carbocycles. The standard InChI is InChI=1S/C33H37ClN4O5S/c1-33(2)29(31(41)36-25-16-13-20-7-4-5-8-22(20)25)38(18-44-33)32(42)28(39)26(17-19-11-14-21(43-3)15-12-19)37-30(40)23-9-6-10-24(35)27(23)34/h4-12,14-15,25-26,28-29,39H,13,16-18,35H2,1-3H3,(H,36,41)(H,37,40)/t25-,26-,28-,29+/m0/s1. The van der Waals surface area contributed by atoms with Crippen LogP contribution in [0, 0.1) is 0 Å². The predicted octanol–water partition coefficient (Wildman–Crippen LogP) is 4.12. The topological polar surface area (TPSA) is 134 Å². The van der Waals surface area contributed by atoms with E-state index in [-0.39, 0.29) is 40.5 Å². The van der Waals surface area contributed by atoms with E-state index in [9.17, 15) is 19.5 Å². The number of nitrogens with one attached hydrogen (secondary N) is 2. The number of nitrogen functional groups attached to an aromatic ring is 1. The Labute approximate surface area is 266 Å². The molecule has 0 spiro atoms. The Kier molecular flexibility index (Phi) is 9.43. The van der Waals surface area contributed by atoms with Gasteiger partial charge in [-0.25, -0.2) is 0 Å². The third kappa shape index (κ3) is 6.52. The maximum absolute atomic E-state index is 14.0. The number of methoxy groups -OCH3 is 1. The number of nitrogens with two attached hydrogens (primary N) is 1. The fraction of sp³-hybridized carbons (Fsp3) is 0.364. The summed E-state index contributed by atoms with van der Waals surface area (Å²) < 4.78 is 4.64. The van der Waals surface area contributed by atoms with Crippen molar-refractivity contribution in [3.63, 3.8) is 0 Å². The molecule has 2 aliphatic rings. The fourth-order valence-corrected chi connectivity index (χ4v) is 7.29. The summed E-state index contributed by atoms with van der Waals surface area (Å²) in [5.41, 5.74) is 9.32. The van der Waals surface area contributed by atoms with Crippen LogP contribution in [0.3, 0.4) is 0 Å². The number of hydrogen-bond acceptors (Lipinski definition) is 7. The Balaban J connectivity index is 1.39. The number of nitrogens with zero attached hydrogens (tertiary/aromatic N) is 1. The first kappa shape index (κ1) is 31.7. The van der Waals surface area contributed by atoms with E-state index < -0.39 is 34.7 Å². The zero-order valence-electron chi connectivity index (χ0n) is 24.9. The number of aliphatic hydroxyl groups excluding tert-OH is 1. The lowest BCUT2D eigenvalue weighted by molar-refractivity contribution is -0.147. The van der Waals surface area contributed by atoms with Gasteiger partial charge in [-0.3, -0.25) is 14.4 Å². The van der Waals surface area contributed by atoms with Crippen LogP contribution >= 0.6 is 23.4 Å². The van der Waals surface area contributed by atoms with Gasteiger partial charge in [0.05, 0.1) is 41.3 Å². The number of ether oxygens (including phenoxy) is 1. The van der Waals surface area contributed by atoms with Crippen molar-refractivity contribution in [1.82, 2.24) is 15.5 Å². The molecule has 4 atom stereocenters. The second-order valence-corrected chi connectivity index (χ2v) is 13.6. The summed E-state index contributed by atoms with van der Waals surface area (Å²) in [6.07, 6.45) is 0.125. The van der Waals surface area contributed by atoms with E-state index in [0.717, 1.165) is 24.0 Å². The number of carbonyl (C=O) groups is 3. The van der Waals surface area contributed by atoms with Crippen molar-refractivity contribution >= 4 is 46.8 Å². The zero-order chi connectivity index (χ0) is 31.6. The molecule has 1 heterocycles. The number of thioether (sulfide) groups is 1. The zero-order valence-corrected chi connectivity index (χ0v) is 26.5. The Morgan fingerprint density at radius 2 is 1.84 bits per heavy atom. The second kappa shape index (κ2) is 13.1. The lowest BCUT2D eigenvalue weighted by atomic mass is 9.96. The number of anilines is 1. The Morgan fingerprint density at radius 3 is 2.57 bits per heavy atom. The predicted molar refractivity (Wildman–Crippen MR) is 173 cm³/mol. The van der Waals surface area contributed by atoms with Crippen molar-refractivity contribution in [2.24, 2.45) is 0 Å². The molecular weight excluding hydrogens is 600 g/mol. The first-order valence-corrected chi connectivity index (χ1v) is 15.8. The molecule has 1 aliphatic heterocycles. The average molecular weight is 637 g/mol. The van der Waals surface area contributed by atoms with Crippen LogP contribution in [0.25, 0.3) is 0 Å². The lowest BCUT2D eigenvalue weighted by Crippen LogP contribution is -2.59. The highest BCUT2D eigenvalue weighted by atomic mass is 35.5. The van der Waals surface area contributed by atoms with E-state index >= 15 is 0 Å². The van der Waals surface area contributed by atoms with Crippen LogP contribution in [-0.2, 0) is 22.4 Å². The molecule has 3 aromatic carbocycles. The SMILES string of the molecule is COc1ccc(C[C@H](NC(=O)c2cccc(N)c2Cl)[C@H](O)C(=O)N2CSC(C)(C)[C@H]2C(=O)N[C@H]2CCc3ccccc32)cc1. The van der Waals surface area contributed by atoms with Gasteiger partial charge in [0.15, 0.2) is 6.10 Å². The third-order valence-corrected chi connectivity index (χ3v) is 10.2. The van der Waals surface area contributed by atoms with Crippen LogP contribution in [0.1, 0.15) is 53.4 Å². The molecule has 0 radical (unpaired) electrons. The third-order valence-electron chi connectivity index (χ3n) is 8.37. The molecule has 0 unspecified atom stereocenters. The maximum Gasteiger partial charge on any atom is 0.254 e. The number of benzene rings is 3. The molecule has 1 saturated heterocycles. The van der Waals surface area contributed by atoms with Gasteiger partial charge in [0.25, 0.3) is 11.8 Å². The highest BCUT2D eigenvalue weighted by Crippen LogP contribution is 2.41. The summed E-state index contributed by atoms with van der Waals surface area (Å²) in [5.74, 6) is -0.644. The summed E-state index contributed by atoms with van der Waals surface area (Å²) >= 11 is 7.78. The van der Waals surface area contributed by atoms with E-state index in [1.54, 1.807) is 43.5 Å². The molecule has 3 aromatic rings. The number of halogens is 1. The van der Waals surface area contributed by atoms with Gasteiger partial charge in [-0.2, -0.15) is 0 Å². The minimum atomic E-state index is -1.65. The van der Waals surface area contributed by atoms with Crippen molar-refractivity contribution in [3.05, 3.63) is 94.0 Å². The molecule has 5 rings (SSSR count). The van der Waals surface area contributed by atoms with Crippen LogP contribution in [0.2, 0.25) is 5.02 Å². The number of aliphatic hydroxyl groups is 1. The number of rotatable bonds is 9. The van der Waals surface area contributed by atoms with Crippen molar-refractivity contribution in [1.29, 1.82) is 0 Å². The Morgan fingerprint density at radius 1 is 1.11 bits per heavy atom. The normalized spacial score (nSPS) is 20.0. The molecule has 3 amide bonds. The molecule has 5 N–H and O–H groups in total. The number of fused-ring (bicyclic) bond motifs is 1. The molecule has 0 bridgehead atoms. The van der Waals surface area contributed by atoms with Gasteiger partial charge in [0.2, 0.25) is 5.91 Å². The van der Waals surface area contributed by atoms with Crippen LogP contribution in [0.15, 0.2) is 66.7 Å². The van der Waals surface area contributed by atoms with Gasteiger partial charge in [-0.15, -0.1) is 11.8 Å². The minimum absolute atomic E-state index is 0.0805. The first-order chi connectivity index (χ1) is 21.0. The monoisotopic (exact) mass is 636 g/mol. The van der Waals surface area contributed by atoms with Gasteiger partial charge < -0.3 is 31.1 Å². The van der Waals surface area contributed by atoms with E-state index in [4.69, 9.17) is 22.1 Å². The number of aryl methyl sites for hydroxylation is 1.